The summed E-state index contributed by atoms with van der Waals surface area (Å²) in [6.07, 6.45) is 0.624. The summed E-state index contributed by atoms with van der Waals surface area (Å²) in [6, 6.07) is 6.56. The first-order valence-corrected chi connectivity index (χ1v) is 6.53. The summed E-state index contributed by atoms with van der Waals surface area (Å²) in [4.78, 5) is 32.9. The zero-order chi connectivity index (χ0) is 15.9. The molecule has 114 valence electrons. The second-order valence-corrected chi connectivity index (χ2v) is 5.26. The molecule has 0 aliphatic heterocycles. The molecule has 0 atom stereocenters. The lowest BCUT2D eigenvalue weighted by Crippen LogP contribution is -2.41. The number of carbonyl (C=O) groups is 3. The normalized spacial score (nSPS) is 10.8. The number of hydrogen-bond acceptors (Lipinski definition) is 4. The van der Waals surface area contributed by atoms with Gasteiger partial charge in [-0.25, -0.2) is 0 Å². The number of amides is 1. The highest BCUT2D eigenvalue weighted by Crippen LogP contribution is 2.19. The molecule has 21 heavy (non-hydrogen) atoms. The van der Waals surface area contributed by atoms with Gasteiger partial charge in [0.2, 0.25) is 5.91 Å². The molecule has 0 radical (unpaired) electrons. The average molecular weight is 293 g/mol. The highest BCUT2D eigenvalue weighted by Gasteiger charge is 2.28. The Balaban J connectivity index is 2.48. The minimum absolute atomic E-state index is 0.0889. The number of ether oxygens (including phenoxy) is 1. The Hall–Kier alpha value is -2.37. The van der Waals surface area contributed by atoms with Crippen LogP contribution in [0, 0.1) is 5.41 Å². The summed E-state index contributed by atoms with van der Waals surface area (Å²) < 4.78 is 5.53. The first kappa shape index (κ1) is 16.7. The van der Waals surface area contributed by atoms with Crippen LogP contribution in [0.15, 0.2) is 24.3 Å². The monoisotopic (exact) mass is 293 g/mol. The summed E-state index contributed by atoms with van der Waals surface area (Å²) in [5, 5.41) is 11.1. The van der Waals surface area contributed by atoms with Gasteiger partial charge in [0, 0.05) is 12.1 Å². The first-order chi connectivity index (χ1) is 9.85. The van der Waals surface area contributed by atoms with Crippen molar-refractivity contribution in [3.63, 3.8) is 0 Å². The van der Waals surface area contributed by atoms with Crippen molar-refractivity contribution >= 4 is 18.2 Å². The number of carbonyl (C=O) groups excluding carboxylic acids is 2. The van der Waals surface area contributed by atoms with Crippen LogP contribution in [0.5, 0.6) is 5.75 Å². The quantitative estimate of drug-likeness (QED) is 0.708. The maximum absolute atomic E-state index is 11.9. The van der Waals surface area contributed by atoms with E-state index in [0.717, 1.165) is 6.29 Å². The molecule has 0 saturated heterocycles. The Bertz CT molecular complexity index is 507. The van der Waals surface area contributed by atoms with Gasteiger partial charge in [0.25, 0.3) is 0 Å². The van der Waals surface area contributed by atoms with Crippen LogP contribution in [0.4, 0.5) is 0 Å². The summed E-state index contributed by atoms with van der Waals surface area (Å²) in [7, 11) is 0. The molecule has 0 aliphatic carbocycles. The van der Waals surface area contributed by atoms with Crippen LogP contribution in [0.3, 0.4) is 0 Å². The van der Waals surface area contributed by atoms with Crippen molar-refractivity contribution < 1.29 is 24.2 Å². The number of rotatable bonds is 8. The molecule has 1 amide bonds. The second-order valence-electron chi connectivity index (χ2n) is 5.26. The van der Waals surface area contributed by atoms with E-state index in [1.807, 2.05) is 0 Å². The molecular formula is C15H19NO5. The summed E-state index contributed by atoms with van der Waals surface area (Å²) in [6.45, 7) is 3.66. The fourth-order valence-corrected chi connectivity index (χ4v) is 1.49. The fourth-order valence-electron chi connectivity index (χ4n) is 1.49. The van der Waals surface area contributed by atoms with Crippen molar-refractivity contribution in [3.8, 4) is 5.75 Å². The third kappa shape index (κ3) is 5.64. The van der Waals surface area contributed by atoms with E-state index in [-0.39, 0.29) is 25.5 Å². The molecule has 0 aromatic heterocycles. The Morgan fingerprint density at radius 3 is 2.43 bits per heavy atom. The molecule has 0 spiro atoms. The zero-order valence-electron chi connectivity index (χ0n) is 12.1. The highest BCUT2D eigenvalue weighted by molar-refractivity contribution is 5.82. The lowest BCUT2D eigenvalue weighted by atomic mass is 9.93. The predicted octanol–water partition coefficient (Wildman–Crippen LogP) is 1.49. The highest BCUT2D eigenvalue weighted by atomic mass is 16.5. The van der Waals surface area contributed by atoms with Crippen LogP contribution in [0.2, 0.25) is 0 Å². The van der Waals surface area contributed by atoms with E-state index in [4.69, 9.17) is 9.84 Å². The summed E-state index contributed by atoms with van der Waals surface area (Å²) in [5.41, 5.74) is -0.241. The number of aldehydes is 1. The van der Waals surface area contributed by atoms with E-state index in [0.29, 0.717) is 11.3 Å². The van der Waals surface area contributed by atoms with Gasteiger partial charge in [0.05, 0.1) is 11.8 Å². The number of benzene rings is 1. The van der Waals surface area contributed by atoms with Gasteiger partial charge in [-0.1, -0.05) is 0 Å². The molecule has 6 nitrogen and oxygen atoms in total. The number of aliphatic carboxylic acids is 1. The van der Waals surface area contributed by atoms with Crippen molar-refractivity contribution in [2.24, 2.45) is 5.41 Å². The molecule has 2 N–H and O–H groups in total. The van der Waals surface area contributed by atoms with Gasteiger partial charge in [-0.2, -0.15) is 0 Å². The van der Waals surface area contributed by atoms with Gasteiger partial charge in [-0.15, -0.1) is 0 Å². The van der Waals surface area contributed by atoms with Gasteiger partial charge in [-0.05, 0) is 38.1 Å². The van der Waals surface area contributed by atoms with E-state index < -0.39 is 11.4 Å². The molecule has 1 aromatic carbocycles. The van der Waals surface area contributed by atoms with Gasteiger partial charge in [0.1, 0.15) is 18.6 Å². The summed E-state index contributed by atoms with van der Waals surface area (Å²) in [5.74, 6) is -0.667. The Labute approximate surface area is 123 Å². The van der Waals surface area contributed by atoms with E-state index in [1.165, 1.54) is 0 Å². The largest absolute Gasteiger partial charge is 0.492 e. The second kappa shape index (κ2) is 7.42. The molecule has 0 bridgehead atoms. The van der Waals surface area contributed by atoms with Crippen LogP contribution in [-0.2, 0) is 9.59 Å². The number of carboxylic acids is 1. The third-order valence-electron chi connectivity index (χ3n) is 2.85. The van der Waals surface area contributed by atoms with Crippen LogP contribution in [0.25, 0.3) is 0 Å². The van der Waals surface area contributed by atoms with Gasteiger partial charge in [-0.3, -0.25) is 14.4 Å². The lowest BCUT2D eigenvalue weighted by Gasteiger charge is -2.23. The fraction of sp³-hybridized carbons (Fsp3) is 0.400. The van der Waals surface area contributed by atoms with E-state index >= 15 is 0 Å². The van der Waals surface area contributed by atoms with E-state index in [2.05, 4.69) is 5.32 Å². The lowest BCUT2D eigenvalue weighted by molar-refractivity contribution is -0.137. The third-order valence-corrected chi connectivity index (χ3v) is 2.85. The zero-order valence-corrected chi connectivity index (χ0v) is 12.1. The Kier molecular flexibility index (Phi) is 5.90. The van der Waals surface area contributed by atoms with E-state index in [1.54, 1.807) is 38.1 Å². The van der Waals surface area contributed by atoms with Crippen LogP contribution < -0.4 is 10.1 Å². The maximum atomic E-state index is 11.9. The minimum Gasteiger partial charge on any atom is -0.492 e. The first-order valence-electron chi connectivity index (χ1n) is 6.53. The number of carboxylic acid groups (broad SMARTS) is 1. The molecule has 0 heterocycles. The smallest absolute Gasteiger partial charge is 0.305 e. The Morgan fingerprint density at radius 1 is 1.29 bits per heavy atom. The molecular weight excluding hydrogens is 274 g/mol. The minimum atomic E-state index is -0.959. The standard InChI is InChI=1S/C15H19NO5/c1-15(2,14(20)16-8-7-13(18)19)10-21-12-5-3-11(9-17)4-6-12/h3-6,9H,7-8,10H2,1-2H3,(H,16,20)(H,18,19). The van der Waals surface area contributed by atoms with Crippen molar-refractivity contribution in [2.75, 3.05) is 13.2 Å². The van der Waals surface area contributed by atoms with Crippen molar-refractivity contribution in [3.05, 3.63) is 29.8 Å². The molecule has 0 fully saturated rings. The van der Waals surface area contributed by atoms with Crippen molar-refractivity contribution in [2.45, 2.75) is 20.3 Å². The van der Waals surface area contributed by atoms with Crippen LogP contribution in [0.1, 0.15) is 30.6 Å². The number of nitrogens with one attached hydrogen (secondary N) is 1. The van der Waals surface area contributed by atoms with Gasteiger partial charge < -0.3 is 15.2 Å². The molecule has 1 aromatic rings. The molecule has 0 aliphatic rings. The Morgan fingerprint density at radius 2 is 1.90 bits per heavy atom. The van der Waals surface area contributed by atoms with E-state index in [9.17, 15) is 14.4 Å². The molecule has 6 heteroatoms. The predicted molar refractivity (Wildman–Crippen MR) is 76.4 cm³/mol. The van der Waals surface area contributed by atoms with Crippen molar-refractivity contribution in [1.82, 2.24) is 5.32 Å². The van der Waals surface area contributed by atoms with Gasteiger partial charge in [0.15, 0.2) is 0 Å². The van der Waals surface area contributed by atoms with Crippen LogP contribution >= 0.6 is 0 Å². The maximum Gasteiger partial charge on any atom is 0.305 e. The van der Waals surface area contributed by atoms with Crippen LogP contribution in [-0.4, -0.2) is 36.4 Å². The molecule has 1 rings (SSSR count). The van der Waals surface area contributed by atoms with Gasteiger partial charge >= 0.3 is 5.97 Å². The molecule has 0 saturated carbocycles. The topological polar surface area (TPSA) is 92.7 Å². The number of hydrogen-bond donors (Lipinski definition) is 2. The SMILES string of the molecule is CC(C)(COc1ccc(C=O)cc1)C(=O)NCCC(=O)O. The van der Waals surface area contributed by atoms with Crippen molar-refractivity contribution in [1.29, 1.82) is 0 Å². The summed E-state index contributed by atoms with van der Waals surface area (Å²) >= 11 is 0. The average Bonchev–Trinajstić information content (AvgIpc) is 2.45. The molecule has 0 unspecified atom stereocenters.